The van der Waals surface area contributed by atoms with E-state index < -0.39 is 17.2 Å². The summed E-state index contributed by atoms with van der Waals surface area (Å²) in [4.78, 5) is 46.1. The van der Waals surface area contributed by atoms with Crippen LogP contribution in [-0.4, -0.2) is 50.5 Å². The van der Waals surface area contributed by atoms with Crippen molar-refractivity contribution in [3.05, 3.63) is 44.3 Å². The van der Waals surface area contributed by atoms with Gasteiger partial charge in [0.25, 0.3) is 11.5 Å². The number of ether oxygens (including phenoxy) is 1. The number of aryl methyl sites for hydroxylation is 1. The molecular weight excluding hydrogens is 422 g/mol. The molecule has 31 heavy (non-hydrogen) atoms. The zero-order valence-electron chi connectivity index (χ0n) is 17.6. The third kappa shape index (κ3) is 4.75. The first-order valence-corrected chi connectivity index (χ1v) is 10.6. The van der Waals surface area contributed by atoms with E-state index in [1.165, 1.54) is 27.9 Å². The van der Waals surface area contributed by atoms with Crippen LogP contribution in [-0.2, 0) is 18.3 Å². The van der Waals surface area contributed by atoms with Crippen LogP contribution in [0, 0.1) is 0 Å². The van der Waals surface area contributed by atoms with Gasteiger partial charge in [-0.3, -0.25) is 28.7 Å². The molecular formula is C19H25N7O4S. The Hall–Kier alpha value is -3.25. The number of unbranched alkanes of at least 4 members (excludes halogenated alkanes) is 1. The number of nitrogens with two attached hydrogens (primary N) is 1. The minimum Gasteiger partial charge on any atom is -0.383 e. The third-order valence-corrected chi connectivity index (χ3v) is 5.55. The minimum atomic E-state index is -0.734. The highest BCUT2D eigenvalue weighted by atomic mass is 32.1. The number of hydrogen-bond acceptors (Lipinski definition) is 8. The molecule has 0 saturated carbocycles. The predicted octanol–water partition coefficient (Wildman–Crippen LogP) is 1.07. The Balaban J connectivity index is 2.03. The lowest BCUT2D eigenvalue weighted by atomic mass is 10.3. The average Bonchev–Trinajstić information content (AvgIpc) is 3.38. The number of amides is 1. The van der Waals surface area contributed by atoms with Gasteiger partial charge < -0.3 is 10.5 Å². The zero-order chi connectivity index (χ0) is 22.5. The summed E-state index contributed by atoms with van der Waals surface area (Å²) in [6.45, 7) is 2.54. The maximum absolute atomic E-state index is 13.3. The van der Waals surface area contributed by atoms with E-state index in [1.54, 1.807) is 29.5 Å². The monoisotopic (exact) mass is 447 g/mol. The van der Waals surface area contributed by atoms with Gasteiger partial charge >= 0.3 is 5.69 Å². The van der Waals surface area contributed by atoms with E-state index in [0.717, 1.165) is 12.0 Å². The second kappa shape index (κ2) is 9.71. The largest absolute Gasteiger partial charge is 0.383 e. The molecule has 0 aromatic carbocycles. The smallest absolute Gasteiger partial charge is 0.330 e. The Morgan fingerprint density at radius 3 is 2.81 bits per heavy atom. The number of aromatic amines is 1. The summed E-state index contributed by atoms with van der Waals surface area (Å²) in [5.41, 5.74) is 5.70. The molecule has 0 unspecified atom stereocenters. The Morgan fingerprint density at radius 2 is 2.16 bits per heavy atom. The Kier molecular flexibility index (Phi) is 7.02. The van der Waals surface area contributed by atoms with Gasteiger partial charge in [0, 0.05) is 44.4 Å². The first-order valence-electron chi connectivity index (χ1n) is 9.75. The number of hydrogen-bond donors (Lipinski definition) is 2. The van der Waals surface area contributed by atoms with Crippen molar-refractivity contribution in [3.63, 3.8) is 0 Å². The second-order valence-corrected chi connectivity index (χ2v) is 7.75. The maximum atomic E-state index is 13.3. The number of nitrogens with zero attached hydrogens (tertiary/aromatic N) is 5. The van der Waals surface area contributed by atoms with Crippen molar-refractivity contribution in [3.8, 4) is 10.6 Å². The quantitative estimate of drug-likeness (QED) is 0.500. The molecule has 0 bridgehead atoms. The van der Waals surface area contributed by atoms with Crippen LogP contribution in [0.1, 0.15) is 30.3 Å². The fourth-order valence-corrected chi connectivity index (χ4v) is 3.82. The molecule has 3 aromatic rings. The number of rotatable bonds is 9. The van der Waals surface area contributed by atoms with Crippen LogP contribution in [0.15, 0.2) is 27.4 Å². The first kappa shape index (κ1) is 22.4. The standard InChI is InChI=1S/C19H25N7O4S/c1-4-5-6-26-15(20)14(16(27)23-19(26)29)25(7-8-30-3)18(28)13-11-31-17(22-13)12-9-21-24(2)10-12/h9-11H,4-8,20H2,1-3H3,(H,23,27,29). The van der Waals surface area contributed by atoms with Crippen LogP contribution in [0.3, 0.4) is 0 Å². The van der Waals surface area contributed by atoms with E-state index in [-0.39, 0.29) is 30.4 Å². The lowest BCUT2D eigenvalue weighted by Crippen LogP contribution is -2.42. The molecule has 0 saturated heterocycles. The summed E-state index contributed by atoms with van der Waals surface area (Å²) in [6, 6.07) is 0. The molecule has 0 atom stereocenters. The number of thiazole rings is 1. The van der Waals surface area contributed by atoms with Crippen molar-refractivity contribution in [1.82, 2.24) is 24.3 Å². The normalized spacial score (nSPS) is 11.1. The first-order chi connectivity index (χ1) is 14.9. The van der Waals surface area contributed by atoms with E-state index in [4.69, 9.17) is 10.5 Å². The Morgan fingerprint density at radius 1 is 1.39 bits per heavy atom. The Labute approximate surface area is 182 Å². The minimum absolute atomic E-state index is 0.0608. The highest BCUT2D eigenvalue weighted by Crippen LogP contribution is 2.25. The summed E-state index contributed by atoms with van der Waals surface area (Å²) < 4.78 is 8.03. The lowest BCUT2D eigenvalue weighted by Gasteiger charge is -2.23. The van der Waals surface area contributed by atoms with E-state index in [9.17, 15) is 14.4 Å². The number of H-pyrrole nitrogens is 1. The number of nitrogen functional groups attached to an aromatic ring is 1. The number of aromatic nitrogens is 5. The Bertz CT molecular complexity index is 1180. The van der Waals surface area contributed by atoms with Crippen molar-refractivity contribution < 1.29 is 9.53 Å². The summed E-state index contributed by atoms with van der Waals surface area (Å²) in [6.07, 6.45) is 4.98. The van der Waals surface area contributed by atoms with Gasteiger partial charge in [-0.15, -0.1) is 11.3 Å². The number of methoxy groups -OCH3 is 1. The molecule has 0 spiro atoms. The van der Waals surface area contributed by atoms with Gasteiger partial charge in [-0.25, -0.2) is 9.78 Å². The molecule has 3 aromatic heterocycles. The number of carbonyl (C=O) groups is 1. The maximum Gasteiger partial charge on any atom is 0.330 e. The van der Waals surface area contributed by atoms with Gasteiger partial charge in [0.1, 0.15) is 16.5 Å². The third-order valence-electron chi connectivity index (χ3n) is 4.66. The highest BCUT2D eigenvalue weighted by molar-refractivity contribution is 7.13. The number of nitrogens with one attached hydrogen (secondary N) is 1. The molecule has 3 N–H and O–H groups in total. The van der Waals surface area contributed by atoms with Crippen LogP contribution < -0.4 is 21.9 Å². The van der Waals surface area contributed by atoms with Gasteiger partial charge in [-0.05, 0) is 6.42 Å². The molecule has 11 nitrogen and oxygen atoms in total. The summed E-state index contributed by atoms with van der Waals surface area (Å²) in [7, 11) is 3.28. The fourth-order valence-electron chi connectivity index (χ4n) is 3.05. The van der Waals surface area contributed by atoms with Gasteiger partial charge in [-0.1, -0.05) is 13.3 Å². The van der Waals surface area contributed by atoms with Crippen LogP contribution >= 0.6 is 11.3 Å². The van der Waals surface area contributed by atoms with Crippen molar-refractivity contribution in [2.75, 3.05) is 30.9 Å². The molecule has 166 valence electrons. The van der Waals surface area contributed by atoms with Crippen molar-refractivity contribution >= 4 is 28.7 Å². The summed E-state index contributed by atoms with van der Waals surface area (Å²) in [5.74, 6) is -0.573. The molecule has 3 heterocycles. The average molecular weight is 448 g/mol. The van der Waals surface area contributed by atoms with E-state index in [0.29, 0.717) is 18.0 Å². The summed E-state index contributed by atoms with van der Waals surface area (Å²) >= 11 is 1.29. The topological polar surface area (TPSA) is 141 Å². The predicted molar refractivity (Wildman–Crippen MR) is 119 cm³/mol. The molecule has 0 fully saturated rings. The van der Waals surface area contributed by atoms with E-state index >= 15 is 0 Å². The van der Waals surface area contributed by atoms with Crippen molar-refractivity contribution in [2.45, 2.75) is 26.3 Å². The lowest BCUT2D eigenvalue weighted by molar-refractivity contribution is 0.0971. The van der Waals surface area contributed by atoms with Crippen molar-refractivity contribution in [1.29, 1.82) is 0 Å². The molecule has 0 aliphatic rings. The summed E-state index contributed by atoms with van der Waals surface area (Å²) in [5, 5.41) is 6.35. The van der Waals surface area contributed by atoms with Crippen LogP contribution in [0.2, 0.25) is 0 Å². The molecule has 0 aliphatic carbocycles. The number of anilines is 2. The molecule has 0 radical (unpaired) electrons. The number of carbonyl (C=O) groups excluding carboxylic acids is 1. The molecule has 1 amide bonds. The molecule has 12 heteroatoms. The van der Waals surface area contributed by atoms with E-state index in [2.05, 4.69) is 15.1 Å². The van der Waals surface area contributed by atoms with Crippen LogP contribution in [0.4, 0.5) is 11.5 Å². The van der Waals surface area contributed by atoms with E-state index in [1.807, 2.05) is 6.92 Å². The van der Waals surface area contributed by atoms with Crippen LogP contribution in [0.25, 0.3) is 10.6 Å². The fraction of sp³-hybridized carbons (Fsp3) is 0.421. The van der Waals surface area contributed by atoms with Gasteiger partial charge in [0.05, 0.1) is 12.8 Å². The van der Waals surface area contributed by atoms with Crippen LogP contribution in [0.5, 0.6) is 0 Å². The SMILES string of the molecule is CCCCn1c(N)c(N(CCOC)C(=O)c2csc(-c3cnn(C)c3)n2)c(=O)[nH]c1=O. The second-order valence-electron chi connectivity index (χ2n) is 6.89. The van der Waals surface area contributed by atoms with Gasteiger partial charge in [-0.2, -0.15) is 5.10 Å². The van der Waals surface area contributed by atoms with Gasteiger partial charge in [0.15, 0.2) is 5.69 Å². The van der Waals surface area contributed by atoms with Crippen molar-refractivity contribution in [2.24, 2.45) is 7.05 Å². The zero-order valence-corrected chi connectivity index (χ0v) is 18.4. The van der Waals surface area contributed by atoms with Gasteiger partial charge in [0.2, 0.25) is 0 Å². The molecule has 3 rings (SSSR count). The highest BCUT2D eigenvalue weighted by Gasteiger charge is 2.27. The molecule has 0 aliphatic heterocycles.